The molecule has 1 aliphatic rings. The van der Waals surface area contributed by atoms with Crippen molar-refractivity contribution >= 4 is 16.6 Å². The molecular formula is C29H37F2N3O4. The molecule has 1 atom stereocenters. The fourth-order valence-corrected chi connectivity index (χ4v) is 5.25. The van der Waals surface area contributed by atoms with E-state index in [4.69, 9.17) is 9.47 Å². The van der Waals surface area contributed by atoms with Gasteiger partial charge in [0.2, 0.25) is 0 Å². The average Bonchev–Trinajstić information content (AvgIpc) is 2.91. The first-order chi connectivity index (χ1) is 18.2. The summed E-state index contributed by atoms with van der Waals surface area (Å²) >= 11 is 0. The minimum absolute atomic E-state index is 0.0537. The van der Waals surface area contributed by atoms with Crippen LogP contribution in [0.25, 0.3) is 10.9 Å². The Morgan fingerprint density at radius 3 is 2.42 bits per heavy atom. The minimum Gasteiger partial charge on any atom is -0.497 e. The Kier molecular flexibility index (Phi) is 9.02. The number of hydrogen-bond acceptors (Lipinski definition) is 7. The van der Waals surface area contributed by atoms with Crippen LogP contribution in [0.4, 0.5) is 14.5 Å². The molecule has 3 aromatic rings. The lowest BCUT2D eigenvalue weighted by Crippen LogP contribution is -2.43. The molecule has 7 nitrogen and oxygen atoms in total. The Labute approximate surface area is 222 Å². The molecule has 4 rings (SSSR count). The Morgan fingerprint density at radius 1 is 1.08 bits per heavy atom. The van der Waals surface area contributed by atoms with E-state index >= 15 is 0 Å². The highest BCUT2D eigenvalue weighted by Gasteiger charge is 2.35. The maximum Gasteiger partial charge on any atom is 0.129 e. The number of nitrogens with zero attached hydrogens (tertiary/aromatic N) is 3. The highest BCUT2D eigenvalue weighted by molar-refractivity contribution is 5.88. The van der Waals surface area contributed by atoms with Gasteiger partial charge in [-0.2, -0.15) is 0 Å². The average molecular weight is 530 g/mol. The van der Waals surface area contributed by atoms with Crippen molar-refractivity contribution in [3.63, 3.8) is 0 Å². The number of anilines is 1. The number of ether oxygens (including phenoxy) is 2. The molecule has 2 aromatic carbocycles. The number of aromatic nitrogens is 1. The predicted octanol–water partition coefficient (Wildman–Crippen LogP) is 4.55. The van der Waals surface area contributed by atoms with Crippen LogP contribution in [-0.4, -0.2) is 74.2 Å². The molecular weight excluding hydrogens is 492 g/mol. The van der Waals surface area contributed by atoms with E-state index in [1.807, 2.05) is 37.2 Å². The molecule has 2 heterocycles. The van der Waals surface area contributed by atoms with Crippen molar-refractivity contribution in [1.29, 1.82) is 0 Å². The van der Waals surface area contributed by atoms with Crippen LogP contribution in [0.3, 0.4) is 0 Å². The van der Waals surface area contributed by atoms with Crippen LogP contribution in [-0.2, 0) is 0 Å². The Morgan fingerprint density at radius 2 is 1.79 bits per heavy atom. The third-order valence-electron chi connectivity index (χ3n) is 7.62. The monoisotopic (exact) mass is 529 g/mol. The first-order valence-corrected chi connectivity index (χ1v) is 13.0. The molecule has 0 bridgehead atoms. The highest BCUT2D eigenvalue weighted by atomic mass is 19.1. The quantitative estimate of drug-likeness (QED) is 0.377. The van der Waals surface area contributed by atoms with Gasteiger partial charge in [0.25, 0.3) is 0 Å². The van der Waals surface area contributed by atoms with Crippen LogP contribution in [0.1, 0.15) is 37.4 Å². The molecule has 0 radical (unpaired) electrons. The summed E-state index contributed by atoms with van der Waals surface area (Å²) < 4.78 is 37.7. The molecule has 0 amide bonds. The molecule has 2 N–H and O–H groups in total. The number of aliphatic hydroxyl groups is 2. The summed E-state index contributed by atoms with van der Waals surface area (Å²) in [6, 6.07) is 8.82. The fourth-order valence-electron chi connectivity index (χ4n) is 5.25. The number of likely N-dealkylation sites (tertiary alicyclic amines) is 1. The van der Waals surface area contributed by atoms with Gasteiger partial charge in [-0.25, -0.2) is 8.78 Å². The van der Waals surface area contributed by atoms with E-state index in [0.717, 1.165) is 54.2 Å². The van der Waals surface area contributed by atoms with Gasteiger partial charge in [-0.1, -0.05) is 0 Å². The summed E-state index contributed by atoms with van der Waals surface area (Å²) in [4.78, 5) is 8.74. The highest BCUT2D eigenvalue weighted by Crippen LogP contribution is 2.41. The van der Waals surface area contributed by atoms with Crippen molar-refractivity contribution < 1.29 is 28.5 Å². The number of piperidine rings is 1. The largest absolute Gasteiger partial charge is 0.497 e. The van der Waals surface area contributed by atoms with Crippen LogP contribution < -0.4 is 14.4 Å². The number of rotatable bonds is 11. The molecule has 206 valence electrons. The zero-order chi connectivity index (χ0) is 27.3. The fraction of sp³-hybridized carbons (Fsp3) is 0.483. The van der Waals surface area contributed by atoms with Crippen LogP contribution >= 0.6 is 0 Å². The molecule has 1 aromatic heterocycles. The van der Waals surface area contributed by atoms with Gasteiger partial charge < -0.3 is 24.6 Å². The zero-order valence-electron chi connectivity index (χ0n) is 22.3. The van der Waals surface area contributed by atoms with Crippen molar-refractivity contribution in [2.24, 2.45) is 5.41 Å². The van der Waals surface area contributed by atoms with Crippen molar-refractivity contribution in [3.8, 4) is 11.5 Å². The van der Waals surface area contributed by atoms with Gasteiger partial charge in [0.15, 0.2) is 0 Å². The topological polar surface area (TPSA) is 78.3 Å². The first-order valence-electron chi connectivity index (χ1n) is 13.0. The van der Waals surface area contributed by atoms with E-state index in [2.05, 4.69) is 9.88 Å². The summed E-state index contributed by atoms with van der Waals surface area (Å²) in [7, 11) is 5.47. The number of pyridine rings is 1. The van der Waals surface area contributed by atoms with Crippen molar-refractivity contribution in [1.82, 2.24) is 9.88 Å². The maximum absolute atomic E-state index is 13.4. The number of benzene rings is 2. The first kappa shape index (κ1) is 28.0. The van der Waals surface area contributed by atoms with Gasteiger partial charge in [0.05, 0.1) is 30.6 Å². The third-order valence-corrected chi connectivity index (χ3v) is 7.62. The molecule has 0 unspecified atom stereocenters. The van der Waals surface area contributed by atoms with E-state index in [-0.39, 0.29) is 17.8 Å². The van der Waals surface area contributed by atoms with Crippen LogP contribution in [0, 0.1) is 17.0 Å². The van der Waals surface area contributed by atoms with Gasteiger partial charge in [-0.05, 0) is 62.4 Å². The summed E-state index contributed by atoms with van der Waals surface area (Å²) in [5.74, 6) is -0.445. The summed E-state index contributed by atoms with van der Waals surface area (Å²) in [6.45, 7) is 2.54. The van der Waals surface area contributed by atoms with E-state index in [9.17, 15) is 19.0 Å². The van der Waals surface area contributed by atoms with E-state index < -0.39 is 17.7 Å². The van der Waals surface area contributed by atoms with Gasteiger partial charge in [-0.3, -0.25) is 9.88 Å². The third kappa shape index (κ3) is 6.51. The summed E-state index contributed by atoms with van der Waals surface area (Å²) in [5, 5.41) is 22.6. The Hall–Kier alpha value is -3.01. The lowest BCUT2D eigenvalue weighted by molar-refractivity contribution is 0.0205. The maximum atomic E-state index is 13.4. The summed E-state index contributed by atoms with van der Waals surface area (Å²) in [6.07, 6.45) is 3.82. The second-order valence-electron chi connectivity index (χ2n) is 10.3. The SMILES string of the molecule is COc1ccc2ncc(N(C)C)c([C@H](O)CCC3(CO)CCN(CCOc4cc(F)cc(F)c4)CC3)c2c1. The van der Waals surface area contributed by atoms with Gasteiger partial charge in [0.1, 0.15) is 29.7 Å². The predicted molar refractivity (Wildman–Crippen MR) is 144 cm³/mol. The van der Waals surface area contributed by atoms with Crippen LogP contribution in [0.15, 0.2) is 42.6 Å². The van der Waals surface area contributed by atoms with Crippen molar-refractivity contribution in [2.75, 3.05) is 59.0 Å². The molecule has 1 aliphatic heterocycles. The Balaban J connectivity index is 1.37. The van der Waals surface area contributed by atoms with Gasteiger partial charge in [0, 0.05) is 56.4 Å². The standard InChI is InChI=1S/C29H37F2N3O4/c1-33(2)26-18-32-25-5-4-22(37-3)17-24(25)28(26)27(36)6-7-29(19-35)8-10-34(11-9-29)12-13-38-23-15-20(30)14-21(31)16-23/h4-5,14-18,27,35-36H,6-13,19H2,1-3H3/t27-/m1/s1. The second kappa shape index (κ2) is 12.2. The zero-order valence-corrected chi connectivity index (χ0v) is 22.3. The van der Waals surface area contributed by atoms with Crippen LogP contribution in [0.5, 0.6) is 11.5 Å². The normalized spacial score (nSPS) is 16.4. The molecule has 0 saturated carbocycles. The van der Waals surface area contributed by atoms with Crippen LogP contribution in [0.2, 0.25) is 0 Å². The number of halogens is 2. The van der Waals surface area contributed by atoms with E-state index in [1.54, 1.807) is 13.3 Å². The molecule has 0 aliphatic carbocycles. The number of hydrogen-bond donors (Lipinski definition) is 2. The van der Waals surface area contributed by atoms with Crippen molar-refractivity contribution in [3.05, 3.63) is 59.8 Å². The molecule has 1 fully saturated rings. The molecule has 38 heavy (non-hydrogen) atoms. The summed E-state index contributed by atoms with van der Waals surface area (Å²) in [5.41, 5.74) is 2.18. The number of aliphatic hydroxyl groups excluding tert-OH is 2. The van der Waals surface area contributed by atoms with E-state index in [0.29, 0.717) is 31.7 Å². The number of fused-ring (bicyclic) bond motifs is 1. The minimum atomic E-state index is -0.730. The van der Waals surface area contributed by atoms with E-state index in [1.165, 1.54) is 12.1 Å². The number of methoxy groups -OCH3 is 1. The second-order valence-corrected chi connectivity index (χ2v) is 10.3. The molecule has 9 heteroatoms. The molecule has 1 saturated heterocycles. The van der Waals surface area contributed by atoms with Gasteiger partial charge in [-0.15, -0.1) is 0 Å². The molecule has 0 spiro atoms. The smallest absolute Gasteiger partial charge is 0.129 e. The lowest BCUT2D eigenvalue weighted by atomic mass is 9.74. The van der Waals surface area contributed by atoms with Gasteiger partial charge >= 0.3 is 0 Å². The Bertz CT molecular complexity index is 1210. The lowest BCUT2D eigenvalue weighted by Gasteiger charge is -2.41. The van der Waals surface area contributed by atoms with Crippen molar-refractivity contribution in [2.45, 2.75) is 31.8 Å².